The summed E-state index contributed by atoms with van der Waals surface area (Å²) in [6.45, 7) is 5.11. The topological polar surface area (TPSA) is 43.4 Å². The average Bonchev–Trinajstić information content (AvgIpc) is 2.15. The summed E-state index contributed by atoms with van der Waals surface area (Å²) in [5.41, 5.74) is -0.305. The van der Waals surface area contributed by atoms with Crippen LogP contribution in [0.1, 0.15) is 33.6 Å². The molecule has 0 N–H and O–H groups in total. The molecule has 0 aliphatic heterocycles. The third-order valence-corrected chi connectivity index (χ3v) is 2.30. The first-order chi connectivity index (χ1) is 5.43. The van der Waals surface area contributed by atoms with Gasteiger partial charge in [-0.05, 0) is 12.8 Å². The van der Waals surface area contributed by atoms with Crippen molar-refractivity contribution in [1.29, 1.82) is 0 Å². The molecule has 1 saturated carbocycles. The lowest BCUT2D eigenvalue weighted by Gasteiger charge is -2.15. The van der Waals surface area contributed by atoms with Crippen LogP contribution in [-0.2, 0) is 14.3 Å². The molecule has 0 spiro atoms. The number of hydrogen-bond acceptors (Lipinski definition) is 3. The molecule has 0 aromatic heterocycles. The molecule has 0 amide bonds. The van der Waals surface area contributed by atoms with Crippen molar-refractivity contribution in [1.82, 2.24) is 0 Å². The molecule has 1 atom stereocenters. The van der Waals surface area contributed by atoms with E-state index in [9.17, 15) is 9.59 Å². The van der Waals surface area contributed by atoms with Gasteiger partial charge in [0.1, 0.15) is 0 Å². The number of Topliss-reactive ketones (excluding diaryl/α,β-unsaturated/α-hetero) is 1. The predicted molar refractivity (Wildman–Crippen MR) is 43.6 cm³/mol. The molecule has 1 aliphatic carbocycles. The van der Waals surface area contributed by atoms with E-state index in [1.807, 2.05) is 13.8 Å². The predicted octanol–water partition coefficient (Wildman–Crippen LogP) is 1.31. The Morgan fingerprint density at radius 3 is 2.50 bits per heavy atom. The largest absolute Gasteiger partial charge is 0.455 e. The molecule has 12 heavy (non-hydrogen) atoms. The van der Waals surface area contributed by atoms with Crippen LogP contribution in [0.4, 0.5) is 0 Å². The first-order valence-corrected chi connectivity index (χ1v) is 4.15. The van der Waals surface area contributed by atoms with Gasteiger partial charge in [-0.1, -0.05) is 13.8 Å². The van der Waals surface area contributed by atoms with E-state index in [-0.39, 0.29) is 17.2 Å². The molecule has 1 unspecified atom stereocenters. The molecule has 1 fully saturated rings. The molecule has 3 nitrogen and oxygen atoms in total. The first-order valence-electron chi connectivity index (χ1n) is 4.15. The highest BCUT2D eigenvalue weighted by atomic mass is 16.5. The highest BCUT2D eigenvalue weighted by Crippen LogP contribution is 2.35. The van der Waals surface area contributed by atoms with E-state index in [1.165, 1.54) is 6.92 Å². The molecule has 0 saturated heterocycles. The van der Waals surface area contributed by atoms with Gasteiger partial charge in [0.25, 0.3) is 0 Å². The molecule has 0 bridgehead atoms. The van der Waals surface area contributed by atoms with Crippen LogP contribution in [0.3, 0.4) is 0 Å². The van der Waals surface area contributed by atoms with Gasteiger partial charge in [-0.2, -0.15) is 0 Å². The van der Waals surface area contributed by atoms with Gasteiger partial charge >= 0.3 is 5.97 Å². The normalized spacial score (nSPS) is 27.2. The third kappa shape index (κ3) is 1.65. The van der Waals surface area contributed by atoms with Crippen molar-refractivity contribution in [2.45, 2.75) is 39.7 Å². The lowest BCUT2D eigenvalue weighted by atomic mass is 9.91. The lowest BCUT2D eigenvalue weighted by Crippen LogP contribution is -2.28. The molecular formula is C9H14O3. The van der Waals surface area contributed by atoms with Gasteiger partial charge in [-0.3, -0.25) is 9.59 Å². The number of esters is 1. The van der Waals surface area contributed by atoms with E-state index in [0.29, 0.717) is 6.42 Å². The maximum Gasteiger partial charge on any atom is 0.303 e. The number of ketones is 1. The molecule has 0 heterocycles. The zero-order valence-electron chi connectivity index (χ0n) is 7.72. The van der Waals surface area contributed by atoms with Crippen LogP contribution in [0.25, 0.3) is 0 Å². The summed E-state index contributed by atoms with van der Waals surface area (Å²) >= 11 is 0. The van der Waals surface area contributed by atoms with E-state index in [0.717, 1.165) is 6.42 Å². The fraction of sp³-hybridized carbons (Fsp3) is 0.778. The van der Waals surface area contributed by atoms with Crippen molar-refractivity contribution >= 4 is 11.8 Å². The summed E-state index contributed by atoms with van der Waals surface area (Å²) in [5.74, 6) is -0.316. The second-order valence-electron chi connectivity index (χ2n) is 3.88. The molecule has 3 heteroatoms. The highest BCUT2D eigenvalue weighted by Gasteiger charge is 2.42. The summed E-state index contributed by atoms with van der Waals surface area (Å²) in [4.78, 5) is 22.1. The lowest BCUT2D eigenvalue weighted by molar-refractivity contribution is -0.152. The van der Waals surface area contributed by atoms with Crippen molar-refractivity contribution in [2.75, 3.05) is 0 Å². The maximum absolute atomic E-state index is 11.5. The zero-order valence-corrected chi connectivity index (χ0v) is 7.72. The van der Waals surface area contributed by atoms with E-state index in [1.54, 1.807) is 0 Å². The highest BCUT2D eigenvalue weighted by molar-refractivity contribution is 5.91. The van der Waals surface area contributed by atoms with Gasteiger partial charge in [0.05, 0.1) is 0 Å². The summed E-state index contributed by atoms with van der Waals surface area (Å²) in [6, 6.07) is 0. The Kier molecular flexibility index (Phi) is 2.22. The Balaban J connectivity index is 2.62. The van der Waals surface area contributed by atoms with E-state index >= 15 is 0 Å². The van der Waals surface area contributed by atoms with Crippen LogP contribution in [0, 0.1) is 5.41 Å². The Bertz CT molecular complexity index is 218. The van der Waals surface area contributed by atoms with Gasteiger partial charge in [-0.25, -0.2) is 0 Å². The fourth-order valence-electron chi connectivity index (χ4n) is 1.49. The van der Waals surface area contributed by atoms with Crippen LogP contribution in [0.15, 0.2) is 0 Å². The van der Waals surface area contributed by atoms with Crippen molar-refractivity contribution in [3.63, 3.8) is 0 Å². The van der Waals surface area contributed by atoms with E-state index < -0.39 is 6.10 Å². The fourth-order valence-corrected chi connectivity index (χ4v) is 1.49. The minimum atomic E-state index is -0.488. The molecule has 0 aromatic rings. The van der Waals surface area contributed by atoms with Crippen LogP contribution in [-0.4, -0.2) is 17.9 Å². The number of carbonyl (C=O) groups excluding carboxylic acids is 2. The van der Waals surface area contributed by atoms with Gasteiger partial charge in [0, 0.05) is 12.3 Å². The first kappa shape index (κ1) is 9.23. The summed E-state index contributed by atoms with van der Waals surface area (Å²) < 4.78 is 4.87. The Morgan fingerprint density at radius 1 is 1.58 bits per heavy atom. The Morgan fingerprint density at radius 2 is 2.17 bits per heavy atom. The minimum absolute atomic E-state index is 0.0534. The van der Waals surface area contributed by atoms with Crippen LogP contribution < -0.4 is 0 Å². The van der Waals surface area contributed by atoms with Crippen molar-refractivity contribution < 1.29 is 14.3 Å². The molecule has 1 aliphatic rings. The van der Waals surface area contributed by atoms with Crippen LogP contribution >= 0.6 is 0 Å². The van der Waals surface area contributed by atoms with E-state index in [4.69, 9.17) is 4.74 Å². The Labute approximate surface area is 72.1 Å². The van der Waals surface area contributed by atoms with Crippen molar-refractivity contribution in [2.24, 2.45) is 5.41 Å². The van der Waals surface area contributed by atoms with Crippen LogP contribution in [0.2, 0.25) is 0 Å². The zero-order chi connectivity index (χ0) is 9.35. The molecule has 1 rings (SSSR count). The Hall–Kier alpha value is -0.860. The summed E-state index contributed by atoms with van der Waals surface area (Å²) in [7, 11) is 0. The summed E-state index contributed by atoms with van der Waals surface area (Å²) in [6.07, 6.45) is 0.993. The molecular weight excluding hydrogens is 156 g/mol. The minimum Gasteiger partial charge on any atom is -0.455 e. The quantitative estimate of drug-likeness (QED) is 0.557. The van der Waals surface area contributed by atoms with Crippen LogP contribution in [0.5, 0.6) is 0 Å². The van der Waals surface area contributed by atoms with Crippen molar-refractivity contribution in [3.05, 3.63) is 0 Å². The molecule has 0 aromatic carbocycles. The third-order valence-electron chi connectivity index (χ3n) is 2.30. The van der Waals surface area contributed by atoms with Gasteiger partial charge in [0.15, 0.2) is 11.9 Å². The smallest absolute Gasteiger partial charge is 0.303 e. The number of carbonyl (C=O) groups is 2. The standard InChI is InChI=1S/C9H14O3/c1-6(10)12-7-4-5-9(2,3)8(7)11/h7H,4-5H2,1-3H3. The molecule has 0 radical (unpaired) electrons. The number of ether oxygens (including phenoxy) is 1. The maximum atomic E-state index is 11.5. The molecule has 68 valence electrons. The van der Waals surface area contributed by atoms with Gasteiger partial charge < -0.3 is 4.74 Å². The average molecular weight is 170 g/mol. The monoisotopic (exact) mass is 170 g/mol. The second kappa shape index (κ2) is 2.88. The van der Waals surface area contributed by atoms with Gasteiger partial charge in [-0.15, -0.1) is 0 Å². The van der Waals surface area contributed by atoms with Gasteiger partial charge in [0.2, 0.25) is 0 Å². The SMILES string of the molecule is CC(=O)OC1CCC(C)(C)C1=O. The second-order valence-corrected chi connectivity index (χ2v) is 3.88. The summed E-state index contributed by atoms with van der Waals surface area (Å²) in [5, 5.41) is 0. The number of rotatable bonds is 1. The van der Waals surface area contributed by atoms with Crippen molar-refractivity contribution in [3.8, 4) is 0 Å². The number of hydrogen-bond donors (Lipinski definition) is 0. The van der Waals surface area contributed by atoms with E-state index in [2.05, 4.69) is 0 Å².